The predicted molar refractivity (Wildman–Crippen MR) is 90.3 cm³/mol. The quantitative estimate of drug-likeness (QED) is 0.853. The van der Waals surface area contributed by atoms with E-state index in [4.69, 9.17) is 4.74 Å². The van der Waals surface area contributed by atoms with Crippen LogP contribution in [-0.2, 0) is 16.0 Å². The van der Waals surface area contributed by atoms with E-state index in [1.54, 1.807) is 0 Å². The number of rotatable bonds is 4. The lowest BCUT2D eigenvalue weighted by molar-refractivity contribution is -0.120. The molecule has 1 saturated heterocycles. The van der Waals surface area contributed by atoms with E-state index in [0.717, 1.165) is 15.8 Å². The number of aromatic nitrogens is 1. The lowest BCUT2D eigenvalue weighted by Gasteiger charge is -2.22. The molecule has 1 aliphatic rings. The standard InChI is InChI=1S/C15H16BrN3O2S/c16-11-3-1-10(2-4-11)7-12-8-18-15(22-12)19-14(20)13-9-21-6-5-17-13/h1-4,8,13,17H,5-7,9H2,(H,18,19,20). The van der Waals surface area contributed by atoms with Crippen molar-refractivity contribution < 1.29 is 9.53 Å². The predicted octanol–water partition coefficient (Wildman–Crippen LogP) is 2.42. The van der Waals surface area contributed by atoms with E-state index in [0.29, 0.717) is 24.9 Å². The molecule has 1 amide bonds. The van der Waals surface area contributed by atoms with Crippen LogP contribution < -0.4 is 10.6 Å². The maximum atomic E-state index is 12.1. The summed E-state index contributed by atoms with van der Waals surface area (Å²) in [6.45, 7) is 1.76. The minimum absolute atomic E-state index is 0.0933. The van der Waals surface area contributed by atoms with Crippen LogP contribution in [0.2, 0.25) is 0 Å². The van der Waals surface area contributed by atoms with Gasteiger partial charge in [-0.25, -0.2) is 4.98 Å². The molecule has 22 heavy (non-hydrogen) atoms. The molecule has 1 fully saturated rings. The van der Waals surface area contributed by atoms with Crippen LogP contribution in [-0.4, -0.2) is 36.7 Å². The molecule has 1 atom stereocenters. The highest BCUT2D eigenvalue weighted by Crippen LogP contribution is 2.22. The number of hydrogen-bond donors (Lipinski definition) is 2. The summed E-state index contributed by atoms with van der Waals surface area (Å²) in [7, 11) is 0. The molecule has 7 heteroatoms. The molecular weight excluding hydrogens is 366 g/mol. The molecule has 0 radical (unpaired) electrons. The van der Waals surface area contributed by atoms with Gasteiger partial charge in [0.05, 0.1) is 13.2 Å². The Morgan fingerprint density at radius 3 is 3.00 bits per heavy atom. The molecule has 2 aromatic rings. The van der Waals surface area contributed by atoms with Crippen molar-refractivity contribution >= 4 is 38.3 Å². The zero-order valence-electron chi connectivity index (χ0n) is 11.8. The van der Waals surface area contributed by atoms with Gasteiger partial charge >= 0.3 is 0 Å². The highest BCUT2D eigenvalue weighted by molar-refractivity contribution is 9.10. The van der Waals surface area contributed by atoms with Crippen LogP contribution in [0.15, 0.2) is 34.9 Å². The zero-order valence-corrected chi connectivity index (χ0v) is 14.2. The van der Waals surface area contributed by atoms with Gasteiger partial charge < -0.3 is 15.4 Å². The van der Waals surface area contributed by atoms with E-state index in [2.05, 4.69) is 43.7 Å². The largest absolute Gasteiger partial charge is 0.378 e. The Bertz CT molecular complexity index is 638. The monoisotopic (exact) mass is 381 g/mol. The van der Waals surface area contributed by atoms with Crippen molar-refractivity contribution in [3.8, 4) is 0 Å². The number of anilines is 1. The highest BCUT2D eigenvalue weighted by Gasteiger charge is 2.21. The van der Waals surface area contributed by atoms with Crippen LogP contribution in [0.3, 0.4) is 0 Å². The third-order valence-electron chi connectivity index (χ3n) is 3.31. The fourth-order valence-electron chi connectivity index (χ4n) is 2.18. The van der Waals surface area contributed by atoms with E-state index in [9.17, 15) is 4.79 Å². The van der Waals surface area contributed by atoms with Crippen molar-refractivity contribution in [3.63, 3.8) is 0 Å². The maximum absolute atomic E-state index is 12.1. The molecule has 0 bridgehead atoms. The molecular formula is C15H16BrN3O2S. The Labute approximate surface area is 141 Å². The van der Waals surface area contributed by atoms with Crippen LogP contribution in [0.1, 0.15) is 10.4 Å². The summed E-state index contributed by atoms with van der Waals surface area (Å²) in [5, 5.41) is 6.60. The van der Waals surface area contributed by atoms with Crippen molar-refractivity contribution in [2.24, 2.45) is 0 Å². The molecule has 1 unspecified atom stereocenters. The second-order valence-electron chi connectivity index (χ2n) is 5.01. The van der Waals surface area contributed by atoms with E-state index in [-0.39, 0.29) is 11.9 Å². The number of carbonyl (C=O) groups excluding carboxylic acids is 1. The van der Waals surface area contributed by atoms with Gasteiger partial charge in [0.25, 0.3) is 0 Å². The Kier molecular flexibility index (Phi) is 5.20. The van der Waals surface area contributed by atoms with E-state index in [1.165, 1.54) is 16.9 Å². The number of halogens is 1. The van der Waals surface area contributed by atoms with Crippen molar-refractivity contribution in [2.45, 2.75) is 12.5 Å². The van der Waals surface area contributed by atoms with Gasteiger partial charge in [0, 0.05) is 28.5 Å². The molecule has 0 saturated carbocycles. The molecule has 1 aromatic carbocycles. The number of morpholine rings is 1. The number of hydrogen-bond acceptors (Lipinski definition) is 5. The zero-order chi connectivity index (χ0) is 15.4. The second-order valence-corrected chi connectivity index (χ2v) is 7.04. The number of thiazole rings is 1. The minimum Gasteiger partial charge on any atom is -0.378 e. The number of nitrogens with one attached hydrogen (secondary N) is 2. The number of benzene rings is 1. The lowest BCUT2D eigenvalue weighted by Crippen LogP contribution is -2.48. The third kappa shape index (κ3) is 4.13. The fourth-order valence-corrected chi connectivity index (χ4v) is 3.29. The van der Waals surface area contributed by atoms with E-state index < -0.39 is 0 Å². The van der Waals surface area contributed by atoms with E-state index >= 15 is 0 Å². The first-order chi connectivity index (χ1) is 10.7. The van der Waals surface area contributed by atoms with Crippen LogP contribution in [0.25, 0.3) is 0 Å². The molecule has 116 valence electrons. The summed E-state index contributed by atoms with van der Waals surface area (Å²) in [6.07, 6.45) is 2.62. The van der Waals surface area contributed by atoms with Gasteiger partial charge in [0.1, 0.15) is 6.04 Å². The Hall–Kier alpha value is -1.28. The van der Waals surface area contributed by atoms with Crippen molar-refractivity contribution in [1.82, 2.24) is 10.3 Å². The summed E-state index contributed by atoms with van der Waals surface area (Å²) in [5.74, 6) is -0.0933. The SMILES string of the molecule is O=C(Nc1ncc(Cc2ccc(Br)cc2)s1)C1COCCN1. The first-order valence-corrected chi connectivity index (χ1v) is 8.63. The van der Waals surface area contributed by atoms with Crippen LogP contribution >= 0.6 is 27.3 Å². The summed E-state index contributed by atoms with van der Waals surface area (Å²) >= 11 is 4.93. The first-order valence-electron chi connectivity index (χ1n) is 7.02. The van der Waals surface area contributed by atoms with Gasteiger partial charge in [-0.3, -0.25) is 4.79 Å². The summed E-state index contributed by atoms with van der Waals surface area (Å²) < 4.78 is 6.36. The van der Waals surface area contributed by atoms with Gasteiger partial charge in [-0.2, -0.15) is 0 Å². The Morgan fingerprint density at radius 2 is 2.27 bits per heavy atom. The number of ether oxygens (including phenoxy) is 1. The van der Waals surface area contributed by atoms with Gasteiger partial charge in [-0.15, -0.1) is 11.3 Å². The smallest absolute Gasteiger partial charge is 0.245 e. The normalized spacial score (nSPS) is 18.1. The molecule has 5 nitrogen and oxygen atoms in total. The van der Waals surface area contributed by atoms with Gasteiger partial charge in [-0.1, -0.05) is 28.1 Å². The summed E-state index contributed by atoms with van der Waals surface area (Å²) in [6, 6.07) is 7.89. The van der Waals surface area contributed by atoms with Crippen LogP contribution in [0.5, 0.6) is 0 Å². The van der Waals surface area contributed by atoms with Crippen molar-refractivity contribution in [2.75, 3.05) is 25.1 Å². The maximum Gasteiger partial charge on any atom is 0.245 e. The van der Waals surface area contributed by atoms with Gasteiger partial charge in [0.15, 0.2) is 5.13 Å². The van der Waals surface area contributed by atoms with Gasteiger partial charge in [-0.05, 0) is 17.7 Å². The topological polar surface area (TPSA) is 63.2 Å². The summed E-state index contributed by atoms with van der Waals surface area (Å²) in [4.78, 5) is 17.5. The number of carbonyl (C=O) groups is 1. The second kappa shape index (κ2) is 7.32. The Balaban J connectivity index is 1.58. The fraction of sp³-hybridized carbons (Fsp3) is 0.333. The van der Waals surface area contributed by atoms with Crippen LogP contribution in [0.4, 0.5) is 5.13 Å². The van der Waals surface area contributed by atoms with Crippen LogP contribution in [0, 0.1) is 0 Å². The molecule has 0 spiro atoms. The molecule has 3 rings (SSSR count). The molecule has 1 aliphatic heterocycles. The first kappa shape index (κ1) is 15.6. The minimum atomic E-state index is -0.299. The Morgan fingerprint density at radius 1 is 1.45 bits per heavy atom. The molecule has 0 aliphatic carbocycles. The lowest BCUT2D eigenvalue weighted by atomic mass is 10.1. The number of amides is 1. The van der Waals surface area contributed by atoms with E-state index in [1.807, 2.05) is 18.3 Å². The molecule has 1 aromatic heterocycles. The average Bonchev–Trinajstić information content (AvgIpc) is 2.97. The molecule has 2 heterocycles. The average molecular weight is 382 g/mol. The van der Waals surface area contributed by atoms with Crippen molar-refractivity contribution in [1.29, 1.82) is 0 Å². The molecule has 2 N–H and O–H groups in total. The van der Waals surface area contributed by atoms with Crippen molar-refractivity contribution in [3.05, 3.63) is 45.4 Å². The summed E-state index contributed by atoms with van der Waals surface area (Å²) in [5.41, 5.74) is 1.21. The third-order valence-corrected chi connectivity index (χ3v) is 4.75. The highest BCUT2D eigenvalue weighted by atomic mass is 79.9. The number of nitrogens with zero attached hydrogens (tertiary/aromatic N) is 1. The van der Waals surface area contributed by atoms with Gasteiger partial charge in [0.2, 0.25) is 5.91 Å².